The third kappa shape index (κ3) is 15.5. The van der Waals surface area contributed by atoms with Crippen molar-refractivity contribution in [3.05, 3.63) is 109 Å². The smallest absolute Gasteiger partial charge is 0.0570 e. The molecular weight excluding hydrogens is 472 g/mol. The van der Waals surface area contributed by atoms with Gasteiger partial charge in [0.1, 0.15) is 0 Å². The van der Waals surface area contributed by atoms with Crippen LogP contribution < -0.4 is 10.6 Å². The maximum absolute atomic E-state index is 5.85. The van der Waals surface area contributed by atoms with Crippen molar-refractivity contribution >= 4 is 23.2 Å². The highest BCUT2D eigenvalue weighted by molar-refractivity contribution is 6.24. The van der Waals surface area contributed by atoms with Gasteiger partial charge in [-0.1, -0.05) is 152 Å². The zero-order chi connectivity index (χ0) is 27.9. The number of rotatable bonds is 3. The zero-order valence-corrected chi connectivity index (χ0v) is 24.6. The summed E-state index contributed by atoms with van der Waals surface area (Å²) in [5.74, 6) is 0. The lowest BCUT2D eigenvalue weighted by Crippen LogP contribution is -1.93. The van der Waals surface area contributed by atoms with E-state index in [-0.39, 0.29) is 0 Å². The molecule has 0 fully saturated rings. The van der Waals surface area contributed by atoms with E-state index in [9.17, 15) is 0 Å². The number of benzene rings is 4. The topological polar surface area (TPSA) is 38.0 Å². The number of halogens is 1. The Balaban J connectivity index is 0.000000275. The van der Waals surface area contributed by atoms with Crippen LogP contribution in [0.3, 0.4) is 0 Å². The van der Waals surface area contributed by atoms with Gasteiger partial charge in [0.2, 0.25) is 0 Å². The Morgan fingerprint density at radius 2 is 0.811 bits per heavy atom. The summed E-state index contributed by atoms with van der Waals surface area (Å²) in [4.78, 5) is 2.67. The van der Waals surface area contributed by atoms with Crippen molar-refractivity contribution < 1.29 is 0 Å². The van der Waals surface area contributed by atoms with Gasteiger partial charge in [-0.3, -0.25) is 4.84 Å². The first-order valence-electron chi connectivity index (χ1n) is 12.7. The minimum Gasteiger partial charge on any atom is -0.398 e. The molecule has 0 aliphatic heterocycles. The van der Waals surface area contributed by atoms with Gasteiger partial charge < -0.3 is 5.73 Å². The van der Waals surface area contributed by atoms with Gasteiger partial charge in [0, 0.05) is 28.6 Å². The van der Waals surface area contributed by atoms with Gasteiger partial charge in [0.25, 0.3) is 0 Å². The van der Waals surface area contributed by atoms with Crippen molar-refractivity contribution in [2.45, 2.75) is 55.4 Å². The molecule has 0 bridgehead atoms. The van der Waals surface area contributed by atoms with Crippen molar-refractivity contribution in [2.75, 3.05) is 10.6 Å². The number of para-hydroxylation sites is 2. The molecular formula is C34H45ClN2. The minimum absolute atomic E-state index is 0.500. The van der Waals surface area contributed by atoms with Crippen LogP contribution in [0.25, 0.3) is 22.3 Å². The van der Waals surface area contributed by atoms with E-state index in [2.05, 4.69) is 84.5 Å². The lowest BCUT2D eigenvalue weighted by Gasteiger charge is -2.06. The molecule has 198 valence electrons. The highest BCUT2D eigenvalue weighted by Gasteiger charge is 2.02. The third-order valence-electron chi connectivity index (χ3n) is 4.16. The summed E-state index contributed by atoms with van der Waals surface area (Å²) in [6.45, 7) is 17.5. The Hall–Kier alpha value is -3.23. The van der Waals surface area contributed by atoms with E-state index in [0.29, 0.717) is 10.8 Å². The van der Waals surface area contributed by atoms with Crippen molar-refractivity contribution in [3.8, 4) is 22.3 Å². The lowest BCUT2D eigenvalue weighted by molar-refractivity contribution is 0.469. The van der Waals surface area contributed by atoms with E-state index in [1.807, 2.05) is 84.9 Å². The average molecular weight is 517 g/mol. The number of hydrogen-bond donors (Lipinski definition) is 2. The van der Waals surface area contributed by atoms with Crippen LogP contribution in [0.4, 0.5) is 11.4 Å². The average Bonchev–Trinajstić information content (AvgIpc) is 2.84. The molecule has 0 radical (unpaired) electrons. The fourth-order valence-electron chi connectivity index (χ4n) is 2.81. The van der Waals surface area contributed by atoms with E-state index >= 15 is 0 Å². The van der Waals surface area contributed by atoms with Crippen LogP contribution in [0.2, 0.25) is 0 Å². The molecule has 0 saturated carbocycles. The van der Waals surface area contributed by atoms with Gasteiger partial charge in [-0.15, -0.1) is 0 Å². The molecule has 0 amide bonds. The van der Waals surface area contributed by atoms with Crippen molar-refractivity contribution in [2.24, 2.45) is 10.8 Å². The molecule has 0 unspecified atom stereocenters. The molecule has 3 N–H and O–H groups in total. The second-order valence-corrected chi connectivity index (χ2v) is 12.1. The highest BCUT2D eigenvalue weighted by Crippen LogP contribution is 2.27. The van der Waals surface area contributed by atoms with Crippen molar-refractivity contribution in [1.82, 2.24) is 0 Å². The Kier molecular flexibility index (Phi) is 13.6. The zero-order valence-electron chi connectivity index (χ0n) is 23.8. The molecule has 0 spiro atoms. The summed E-state index contributed by atoms with van der Waals surface area (Å²) in [5.41, 5.74) is 13.2. The summed E-state index contributed by atoms with van der Waals surface area (Å²) in [7, 11) is 0. The Bertz CT molecular complexity index is 1120. The molecule has 0 atom stereocenters. The quantitative estimate of drug-likeness (QED) is 0.210. The molecule has 4 aromatic rings. The molecule has 4 aromatic carbocycles. The molecule has 37 heavy (non-hydrogen) atoms. The molecule has 0 heterocycles. The Morgan fingerprint density at radius 1 is 0.486 bits per heavy atom. The number of nitrogens with two attached hydrogens (primary N) is 1. The predicted molar refractivity (Wildman–Crippen MR) is 168 cm³/mol. The predicted octanol–water partition coefficient (Wildman–Crippen LogP) is 11.0. The monoisotopic (exact) mass is 516 g/mol. The van der Waals surface area contributed by atoms with E-state index < -0.39 is 0 Å². The van der Waals surface area contributed by atoms with Gasteiger partial charge in [-0.2, -0.15) is 0 Å². The highest BCUT2D eigenvalue weighted by atomic mass is 35.5. The lowest BCUT2D eigenvalue weighted by atomic mass is 10.0. The van der Waals surface area contributed by atoms with Crippen molar-refractivity contribution in [1.29, 1.82) is 0 Å². The van der Waals surface area contributed by atoms with Crippen molar-refractivity contribution in [3.63, 3.8) is 0 Å². The maximum Gasteiger partial charge on any atom is 0.0570 e. The minimum atomic E-state index is 0.500. The van der Waals surface area contributed by atoms with E-state index in [1.54, 1.807) is 0 Å². The summed E-state index contributed by atoms with van der Waals surface area (Å²) in [6, 6.07) is 36.2. The number of nitrogens with one attached hydrogen (secondary N) is 1. The molecule has 0 saturated heterocycles. The Labute approximate surface area is 231 Å². The van der Waals surface area contributed by atoms with E-state index in [4.69, 9.17) is 17.5 Å². The summed E-state index contributed by atoms with van der Waals surface area (Å²) in [5, 5.41) is 0. The largest absolute Gasteiger partial charge is 0.398 e. The second-order valence-electron chi connectivity index (χ2n) is 12.0. The fourth-order valence-corrected chi connectivity index (χ4v) is 2.98. The first-order valence-corrected chi connectivity index (χ1v) is 13.1. The van der Waals surface area contributed by atoms with Gasteiger partial charge in [-0.25, -0.2) is 0 Å². The SMILES string of the molecule is CC(C)(C)C.CC(C)(C)C.ClNc1ccccc1-c1ccccc1.Nc1ccccc1-c1ccccc1. The van der Waals surface area contributed by atoms with E-state index in [1.165, 1.54) is 5.56 Å². The first kappa shape index (κ1) is 31.8. The van der Waals surface area contributed by atoms with Crippen LogP contribution in [-0.4, -0.2) is 0 Å². The maximum atomic E-state index is 5.85. The van der Waals surface area contributed by atoms with Crippen LogP contribution in [0.1, 0.15) is 55.4 Å². The van der Waals surface area contributed by atoms with Gasteiger partial charge in [0.05, 0.1) is 5.69 Å². The molecule has 0 aliphatic carbocycles. The molecule has 0 aromatic heterocycles. The number of nitrogen functional groups attached to an aromatic ring is 1. The van der Waals surface area contributed by atoms with Crippen LogP contribution in [0.15, 0.2) is 109 Å². The second kappa shape index (κ2) is 15.8. The summed E-state index contributed by atoms with van der Waals surface area (Å²) >= 11 is 5.63. The van der Waals surface area contributed by atoms with Crippen LogP contribution in [0.5, 0.6) is 0 Å². The first-order chi connectivity index (χ1) is 17.3. The van der Waals surface area contributed by atoms with Crippen LogP contribution in [0, 0.1) is 10.8 Å². The summed E-state index contributed by atoms with van der Waals surface area (Å²) < 4.78 is 0. The van der Waals surface area contributed by atoms with Crippen LogP contribution in [-0.2, 0) is 0 Å². The summed E-state index contributed by atoms with van der Waals surface area (Å²) in [6.07, 6.45) is 0. The third-order valence-corrected chi connectivity index (χ3v) is 4.36. The van der Waals surface area contributed by atoms with Crippen LogP contribution >= 0.6 is 11.8 Å². The van der Waals surface area contributed by atoms with Gasteiger partial charge >= 0.3 is 0 Å². The Morgan fingerprint density at radius 3 is 1.22 bits per heavy atom. The molecule has 4 rings (SSSR count). The number of hydrogen-bond acceptors (Lipinski definition) is 2. The molecule has 0 aliphatic rings. The molecule has 3 heteroatoms. The standard InChI is InChI=1S/C12H10ClN.C12H11N.2C5H12/c13-14-12-9-5-4-8-11(12)10-6-2-1-3-7-10;13-12-9-5-4-8-11(12)10-6-2-1-3-7-10;2*1-5(2,3)4/h1-9,14H;1-9H,13H2;2*1-4H3. The van der Waals surface area contributed by atoms with Gasteiger partial charge in [-0.05, 0) is 34.1 Å². The van der Waals surface area contributed by atoms with E-state index in [0.717, 1.165) is 28.1 Å². The van der Waals surface area contributed by atoms with Gasteiger partial charge in [0.15, 0.2) is 0 Å². The normalized spacial score (nSPS) is 10.4. The molecule has 2 nitrogen and oxygen atoms in total. The number of anilines is 2. The fraction of sp³-hybridized carbons (Fsp3) is 0.294.